The van der Waals surface area contributed by atoms with E-state index in [1.54, 1.807) is 5.56 Å². The molecule has 6 aromatic carbocycles. The molecule has 2 aliphatic heterocycles. The van der Waals surface area contributed by atoms with Gasteiger partial charge in [-0.1, -0.05) is 146 Å². The summed E-state index contributed by atoms with van der Waals surface area (Å²) in [6, 6.07) is 53.1. The number of aryl methyl sites for hydroxylation is 1. The maximum absolute atomic E-state index is 2.70. The van der Waals surface area contributed by atoms with Crippen molar-refractivity contribution >= 4 is 45.8 Å². The maximum Gasteiger partial charge on any atom is 0.245 e. The lowest BCUT2D eigenvalue weighted by molar-refractivity contribution is 0.635. The van der Waals surface area contributed by atoms with E-state index in [0.717, 1.165) is 6.42 Å². The second kappa shape index (κ2) is 11.7. The van der Waals surface area contributed by atoms with Gasteiger partial charge in [-0.15, -0.1) is 0 Å². The molecule has 1 nitrogen and oxygen atoms in total. The van der Waals surface area contributed by atoms with Crippen molar-refractivity contribution in [2.45, 2.75) is 73.5 Å². The van der Waals surface area contributed by atoms with Crippen LogP contribution in [0.25, 0.3) is 16.6 Å². The van der Waals surface area contributed by atoms with E-state index in [1.807, 2.05) is 11.8 Å². The summed E-state index contributed by atoms with van der Waals surface area (Å²) in [4.78, 5) is 2.55. The molecule has 1 aliphatic carbocycles. The third-order valence-electron chi connectivity index (χ3n) is 12.5. The van der Waals surface area contributed by atoms with Crippen LogP contribution >= 0.6 is 11.8 Å². The fourth-order valence-corrected chi connectivity index (χ4v) is 11.0. The van der Waals surface area contributed by atoms with Crippen LogP contribution in [-0.4, -0.2) is 11.3 Å². The Morgan fingerprint density at radius 2 is 1.25 bits per heavy atom. The average Bonchev–Trinajstić information content (AvgIpc) is 3.28. The van der Waals surface area contributed by atoms with E-state index < -0.39 is 0 Å². The Hall–Kier alpha value is -4.73. The molecular weight excluding hydrogens is 633 g/mol. The van der Waals surface area contributed by atoms with Gasteiger partial charge in [0, 0.05) is 37.4 Å². The molecule has 3 aliphatic rings. The number of aromatic nitrogens is 1. The SMILES string of the molecule is CC1(C)c2cccc(-n3c4c(c5ccccc53)CCCCC4)c2B2c3ccc(Sc4ccccc4)cc3C(C)(c3ccccc3)c3cccc1c32. The predicted octanol–water partition coefficient (Wildman–Crippen LogP) is 9.87. The van der Waals surface area contributed by atoms with Crippen LogP contribution in [0.5, 0.6) is 0 Å². The van der Waals surface area contributed by atoms with Gasteiger partial charge in [-0.3, -0.25) is 0 Å². The van der Waals surface area contributed by atoms with Crippen molar-refractivity contribution in [3.05, 3.63) is 179 Å². The van der Waals surface area contributed by atoms with Crippen LogP contribution in [0.4, 0.5) is 0 Å². The second-order valence-electron chi connectivity index (χ2n) is 15.6. The van der Waals surface area contributed by atoms with Gasteiger partial charge in [0.15, 0.2) is 0 Å². The van der Waals surface area contributed by atoms with Crippen molar-refractivity contribution in [3.8, 4) is 5.69 Å². The molecular formula is C48H42BNS. The monoisotopic (exact) mass is 675 g/mol. The summed E-state index contributed by atoms with van der Waals surface area (Å²) in [5.74, 6) is 0. The molecule has 0 saturated heterocycles. The Bertz CT molecular complexity index is 2480. The quantitative estimate of drug-likeness (QED) is 0.133. The van der Waals surface area contributed by atoms with Crippen LogP contribution in [0.1, 0.15) is 79.1 Å². The molecule has 1 unspecified atom stereocenters. The average molecular weight is 676 g/mol. The summed E-state index contributed by atoms with van der Waals surface area (Å²) in [7, 11) is 0. The van der Waals surface area contributed by atoms with Crippen LogP contribution in [-0.2, 0) is 23.7 Å². The molecule has 0 N–H and O–H groups in total. The van der Waals surface area contributed by atoms with E-state index in [2.05, 4.69) is 165 Å². The van der Waals surface area contributed by atoms with E-state index in [-0.39, 0.29) is 17.5 Å². The van der Waals surface area contributed by atoms with Gasteiger partial charge in [0.1, 0.15) is 0 Å². The molecule has 0 amide bonds. The molecule has 1 atom stereocenters. The van der Waals surface area contributed by atoms with E-state index in [9.17, 15) is 0 Å². The number of fused-ring (bicyclic) bond motifs is 7. The summed E-state index contributed by atoms with van der Waals surface area (Å²) in [6.07, 6.45) is 6.12. The standard InChI is InChI=1S/C48H42BNS/c1-47(2)37-23-15-25-39-45(37)49(41-30-29-34(51-33-19-9-5-10-20-33)31-40(41)48(39,3)32-17-7-4-8-18-32)46-38(47)24-16-28-44(46)50-42-26-12-6-11-21-35(42)36-22-13-14-27-43(36)50/h4-5,7-10,13-20,22-25,27-31H,6,11-12,21,26H2,1-3H3. The van der Waals surface area contributed by atoms with Gasteiger partial charge >= 0.3 is 0 Å². The van der Waals surface area contributed by atoms with Crippen molar-refractivity contribution in [2.24, 2.45) is 0 Å². The molecule has 1 aromatic heterocycles. The number of nitrogens with zero attached hydrogens (tertiary/aromatic N) is 1. The first-order chi connectivity index (χ1) is 25.0. The van der Waals surface area contributed by atoms with Crippen molar-refractivity contribution in [1.82, 2.24) is 4.57 Å². The molecule has 3 heteroatoms. The fraction of sp³-hybridized carbons (Fsp3) is 0.208. The zero-order chi connectivity index (χ0) is 34.3. The van der Waals surface area contributed by atoms with Gasteiger partial charge in [-0.25, -0.2) is 0 Å². The minimum Gasteiger partial charge on any atom is -0.314 e. The first-order valence-electron chi connectivity index (χ1n) is 18.8. The highest BCUT2D eigenvalue weighted by atomic mass is 32.2. The number of para-hydroxylation sites is 1. The first-order valence-corrected chi connectivity index (χ1v) is 19.6. The molecule has 3 heterocycles. The fourth-order valence-electron chi connectivity index (χ4n) is 10.1. The van der Waals surface area contributed by atoms with E-state index in [4.69, 9.17) is 0 Å². The minimum atomic E-state index is -0.314. The molecule has 0 spiro atoms. The van der Waals surface area contributed by atoms with Gasteiger partial charge in [-0.2, -0.15) is 0 Å². The molecule has 0 fully saturated rings. The number of rotatable bonds is 4. The molecule has 7 aromatic rings. The van der Waals surface area contributed by atoms with Gasteiger partial charge in [0.05, 0.1) is 5.52 Å². The van der Waals surface area contributed by atoms with Crippen LogP contribution in [0, 0.1) is 0 Å². The van der Waals surface area contributed by atoms with Crippen LogP contribution in [0.3, 0.4) is 0 Å². The Kier molecular flexibility index (Phi) is 7.09. The normalized spacial score (nSPS) is 18.4. The molecule has 0 radical (unpaired) electrons. The highest BCUT2D eigenvalue weighted by Crippen LogP contribution is 2.46. The molecule has 248 valence electrons. The zero-order valence-corrected chi connectivity index (χ0v) is 30.6. The van der Waals surface area contributed by atoms with E-state index >= 15 is 0 Å². The number of benzene rings is 6. The lowest BCUT2D eigenvalue weighted by Gasteiger charge is -2.48. The third kappa shape index (κ3) is 4.50. The van der Waals surface area contributed by atoms with Crippen molar-refractivity contribution in [1.29, 1.82) is 0 Å². The highest BCUT2D eigenvalue weighted by Gasteiger charge is 2.51. The Labute approximate surface area is 306 Å². The van der Waals surface area contributed by atoms with Crippen molar-refractivity contribution < 1.29 is 0 Å². The Morgan fingerprint density at radius 1 is 0.569 bits per heavy atom. The lowest BCUT2D eigenvalue weighted by atomic mass is 9.26. The predicted molar refractivity (Wildman–Crippen MR) is 217 cm³/mol. The summed E-state index contributed by atoms with van der Waals surface area (Å²) in [6.45, 7) is 7.54. The highest BCUT2D eigenvalue weighted by molar-refractivity contribution is 7.99. The lowest BCUT2D eigenvalue weighted by Crippen LogP contribution is -2.67. The third-order valence-corrected chi connectivity index (χ3v) is 13.5. The number of hydrogen-bond acceptors (Lipinski definition) is 1. The van der Waals surface area contributed by atoms with Gasteiger partial charge < -0.3 is 4.57 Å². The topological polar surface area (TPSA) is 4.93 Å². The van der Waals surface area contributed by atoms with Crippen LogP contribution in [0.2, 0.25) is 0 Å². The molecule has 0 saturated carbocycles. The summed E-state index contributed by atoms with van der Waals surface area (Å²) < 4.78 is 2.70. The first kappa shape index (κ1) is 31.0. The van der Waals surface area contributed by atoms with Crippen LogP contribution < -0.4 is 16.4 Å². The minimum absolute atomic E-state index is 0.126. The smallest absolute Gasteiger partial charge is 0.245 e. The van der Waals surface area contributed by atoms with Gasteiger partial charge in [0.25, 0.3) is 0 Å². The summed E-state index contributed by atoms with van der Waals surface area (Å²) in [5, 5.41) is 1.44. The van der Waals surface area contributed by atoms with Gasteiger partial charge in [0.2, 0.25) is 6.71 Å². The maximum atomic E-state index is 2.70. The van der Waals surface area contributed by atoms with Crippen molar-refractivity contribution in [3.63, 3.8) is 0 Å². The molecule has 10 rings (SSSR count). The summed E-state index contributed by atoms with van der Waals surface area (Å²) >= 11 is 1.86. The Morgan fingerprint density at radius 3 is 2.08 bits per heavy atom. The number of hydrogen-bond donors (Lipinski definition) is 0. The Balaban J connectivity index is 1.30. The van der Waals surface area contributed by atoms with E-state index in [0.29, 0.717) is 0 Å². The summed E-state index contributed by atoms with van der Waals surface area (Å²) in [5.41, 5.74) is 16.9. The molecule has 0 bridgehead atoms. The molecule has 51 heavy (non-hydrogen) atoms. The van der Waals surface area contributed by atoms with Crippen LogP contribution in [0.15, 0.2) is 149 Å². The second-order valence-corrected chi connectivity index (χ2v) is 16.7. The van der Waals surface area contributed by atoms with Gasteiger partial charge in [-0.05, 0) is 108 Å². The largest absolute Gasteiger partial charge is 0.314 e. The van der Waals surface area contributed by atoms with E-state index in [1.165, 1.54) is 102 Å². The van der Waals surface area contributed by atoms with Crippen molar-refractivity contribution in [2.75, 3.05) is 0 Å². The zero-order valence-electron chi connectivity index (χ0n) is 29.7.